The van der Waals surface area contributed by atoms with Gasteiger partial charge >= 0.3 is 0 Å². The van der Waals surface area contributed by atoms with Crippen molar-refractivity contribution in [1.29, 1.82) is 0 Å². The first-order valence-electron chi connectivity index (χ1n) is 6.59. The van der Waals surface area contributed by atoms with Crippen LogP contribution in [0.3, 0.4) is 0 Å². The van der Waals surface area contributed by atoms with Crippen molar-refractivity contribution in [3.05, 3.63) is 65.0 Å². The van der Waals surface area contributed by atoms with Crippen LogP contribution in [0.4, 0.5) is 4.39 Å². The van der Waals surface area contributed by atoms with Crippen molar-refractivity contribution in [3.63, 3.8) is 0 Å². The van der Waals surface area contributed by atoms with Crippen molar-refractivity contribution < 1.29 is 14.6 Å². The summed E-state index contributed by atoms with van der Waals surface area (Å²) in [6.45, 7) is 2.51. The zero-order valence-corrected chi connectivity index (χ0v) is 11.5. The molecule has 4 heteroatoms. The zero-order valence-electron chi connectivity index (χ0n) is 11.5. The highest BCUT2D eigenvalue weighted by Crippen LogP contribution is 2.33. The molecule has 0 aliphatic carbocycles. The topological polar surface area (TPSA) is 52.8 Å². The molecule has 0 fully saturated rings. The van der Waals surface area contributed by atoms with E-state index in [1.54, 1.807) is 18.2 Å². The molecule has 0 bridgehead atoms. The van der Waals surface area contributed by atoms with Gasteiger partial charge < -0.3 is 10.2 Å². The highest BCUT2D eigenvalue weighted by molar-refractivity contribution is 6.34. The number of phenolic OH excluding ortho intramolecular Hbond substituents is 2. The molecule has 0 saturated heterocycles. The van der Waals surface area contributed by atoms with Crippen LogP contribution in [0.15, 0.2) is 53.0 Å². The Morgan fingerprint density at radius 2 is 1.76 bits per heavy atom. The van der Waals surface area contributed by atoms with E-state index in [0.29, 0.717) is 17.8 Å². The standard InChI is InChI=1S/C17H14FNO2/c1-10-9-19-17(14-7-6-13(20)8-15(14)21)16(10)11-2-4-12(18)5-3-11/h2-8,20-21H,9H2,1H3. The molecule has 2 N–H and O–H groups in total. The minimum atomic E-state index is -0.291. The number of halogens is 1. The third-order valence-corrected chi connectivity index (χ3v) is 3.51. The van der Waals surface area contributed by atoms with Gasteiger partial charge in [0, 0.05) is 17.2 Å². The first kappa shape index (κ1) is 13.4. The van der Waals surface area contributed by atoms with Gasteiger partial charge in [0.1, 0.15) is 17.3 Å². The van der Waals surface area contributed by atoms with Crippen LogP contribution < -0.4 is 0 Å². The molecule has 1 aliphatic heterocycles. The molecule has 0 aromatic heterocycles. The fourth-order valence-electron chi connectivity index (χ4n) is 2.50. The molecule has 0 radical (unpaired) electrons. The van der Waals surface area contributed by atoms with Gasteiger partial charge in [-0.25, -0.2) is 4.39 Å². The lowest BCUT2D eigenvalue weighted by atomic mass is 9.93. The van der Waals surface area contributed by atoms with Crippen molar-refractivity contribution in [2.45, 2.75) is 6.92 Å². The van der Waals surface area contributed by atoms with Gasteiger partial charge in [-0.15, -0.1) is 0 Å². The molecule has 2 aromatic carbocycles. The molecular weight excluding hydrogens is 269 g/mol. The van der Waals surface area contributed by atoms with E-state index in [0.717, 1.165) is 16.7 Å². The monoisotopic (exact) mass is 283 g/mol. The van der Waals surface area contributed by atoms with E-state index in [9.17, 15) is 14.6 Å². The number of phenols is 2. The third-order valence-electron chi connectivity index (χ3n) is 3.51. The van der Waals surface area contributed by atoms with Crippen LogP contribution in [0.5, 0.6) is 11.5 Å². The summed E-state index contributed by atoms with van der Waals surface area (Å²) in [6.07, 6.45) is 0. The number of nitrogens with zero attached hydrogens (tertiary/aromatic N) is 1. The maximum absolute atomic E-state index is 13.1. The molecule has 0 saturated carbocycles. The van der Waals surface area contributed by atoms with E-state index in [-0.39, 0.29) is 17.3 Å². The van der Waals surface area contributed by atoms with E-state index in [1.807, 2.05) is 6.92 Å². The quantitative estimate of drug-likeness (QED) is 0.886. The molecule has 3 rings (SSSR count). The lowest BCUT2D eigenvalue weighted by Gasteiger charge is -2.11. The Labute approximate surface area is 121 Å². The molecule has 0 amide bonds. The molecule has 0 spiro atoms. The average Bonchev–Trinajstić information content (AvgIpc) is 2.82. The molecular formula is C17H14FNO2. The van der Waals surface area contributed by atoms with Crippen LogP contribution in [0.25, 0.3) is 5.57 Å². The minimum Gasteiger partial charge on any atom is -0.508 e. The third kappa shape index (κ3) is 2.40. The normalized spacial score (nSPS) is 14.5. The molecule has 0 unspecified atom stereocenters. The van der Waals surface area contributed by atoms with Crippen molar-refractivity contribution in [1.82, 2.24) is 0 Å². The Morgan fingerprint density at radius 3 is 2.43 bits per heavy atom. The zero-order chi connectivity index (χ0) is 15.0. The van der Waals surface area contributed by atoms with E-state index >= 15 is 0 Å². The Hall–Kier alpha value is -2.62. The van der Waals surface area contributed by atoms with E-state index in [2.05, 4.69) is 4.99 Å². The average molecular weight is 283 g/mol. The fourth-order valence-corrected chi connectivity index (χ4v) is 2.50. The summed E-state index contributed by atoms with van der Waals surface area (Å²) in [5.74, 6) is -0.317. The van der Waals surface area contributed by atoms with Crippen LogP contribution in [-0.2, 0) is 0 Å². The van der Waals surface area contributed by atoms with Gasteiger partial charge in [-0.3, -0.25) is 4.99 Å². The predicted octanol–water partition coefficient (Wildman–Crippen LogP) is 3.51. The second kappa shape index (κ2) is 5.05. The number of benzene rings is 2. The van der Waals surface area contributed by atoms with Gasteiger partial charge in [0.25, 0.3) is 0 Å². The second-order valence-electron chi connectivity index (χ2n) is 5.03. The Morgan fingerprint density at radius 1 is 1.05 bits per heavy atom. The van der Waals surface area contributed by atoms with Gasteiger partial charge in [-0.1, -0.05) is 12.1 Å². The summed E-state index contributed by atoms with van der Waals surface area (Å²) < 4.78 is 13.1. The molecule has 3 nitrogen and oxygen atoms in total. The lowest BCUT2D eigenvalue weighted by molar-refractivity contribution is 0.450. The fraction of sp³-hybridized carbons (Fsp3) is 0.118. The molecule has 1 heterocycles. The Balaban J connectivity index is 2.09. The van der Waals surface area contributed by atoms with Gasteiger partial charge in [0.05, 0.1) is 12.3 Å². The van der Waals surface area contributed by atoms with Gasteiger partial charge in [0.15, 0.2) is 0 Å². The number of aliphatic imine (C=N–C) groups is 1. The number of hydrogen-bond acceptors (Lipinski definition) is 3. The molecule has 1 aliphatic rings. The van der Waals surface area contributed by atoms with Crippen molar-refractivity contribution in [2.24, 2.45) is 4.99 Å². The summed E-state index contributed by atoms with van der Waals surface area (Å²) in [5.41, 5.74) is 4.04. The summed E-state index contributed by atoms with van der Waals surface area (Å²) in [7, 11) is 0. The van der Waals surface area contributed by atoms with E-state index in [4.69, 9.17) is 0 Å². The van der Waals surface area contributed by atoms with Crippen LogP contribution >= 0.6 is 0 Å². The summed E-state index contributed by atoms with van der Waals surface area (Å²) in [4.78, 5) is 4.46. The van der Waals surface area contributed by atoms with Gasteiger partial charge in [-0.2, -0.15) is 0 Å². The maximum atomic E-state index is 13.1. The molecule has 2 aromatic rings. The minimum absolute atomic E-state index is 0.00104. The molecule has 0 atom stereocenters. The van der Waals surface area contributed by atoms with E-state index < -0.39 is 0 Å². The highest BCUT2D eigenvalue weighted by atomic mass is 19.1. The van der Waals surface area contributed by atoms with E-state index in [1.165, 1.54) is 24.3 Å². The first-order chi connectivity index (χ1) is 10.1. The Kier molecular flexibility index (Phi) is 3.22. The Bertz CT molecular complexity index is 761. The molecule has 106 valence electrons. The maximum Gasteiger partial charge on any atom is 0.128 e. The van der Waals surface area contributed by atoms with Crippen LogP contribution in [0.1, 0.15) is 18.1 Å². The predicted molar refractivity (Wildman–Crippen MR) is 80.2 cm³/mol. The smallest absolute Gasteiger partial charge is 0.128 e. The summed E-state index contributed by atoms with van der Waals surface area (Å²) >= 11 is 0. The SMILES string of the molecule is CC1=C(c2ccc(F)cc2)C(c2ccc(O)cc2O)=NC1. The van der Waals surface area contributed by atoms with Crippen LogP contribution in [-0.4, -0.2) is 22.5 Å². The number of hydrogen-bond donors (Lipinski definition) is 2. The molecule has 21 heavy (non-hydrogen) atoms. The van der Waals surface area contributed by atoms with Crippen LogP contribution in [0, 0.1) is 5.82 Å². The van der Waals surface area contributed by atoms with Gasteiger partial charge in [-0.05, 0) is 42.3 Å². The second-order valence-corrected chi connectivity index (χ2v) is 5.03. The highest BCUT2D eigenvalue weighted by Gasteiger charge is 2.22. The number of aromatic hydroxyl groups is 2. The van der Waals surface area contributed by atoms with Crippen molar-refractivity contribution in [3.8, 4) is 11.5 Å². The number of allylic oxidation sites excluding steroid dienone is 1. The number of rotatable bonds is 2. The largest absolute Gasteiger partial charge is 0.508 e. The van der Waals surface area contributed by atoms with Crippen LogP contribution in [0.2, 0.25) is 0 Å². The van der Waals surface area contributed by atoms with Gasteiger partial charge in [0.2, 0.25) is 0 Å². The summed E-state index contributed by atoms with van der Waals surface area (Å²) in [6, 6.07) is 10.6. The van der Waals surface area contributed by atoms with Crippen molar-refractivity contribution >= 4 is 11.3 Å². The first-order valence-corrected chi connectivity index (χ1v) is 6.59. The summed E-state index contributed by atoms with van der Waals surface area (Å²) in [5, 5.41) is 19.4. The lowest BCUT2D eigenvalue weighted by Crippen LogP contribution is -2.03. The van der Waals surface area contributed by atoms with Crippen molar-refractivity contribution in [2.75, 3.05) is 6.54 Å².